The van der Waals surface area contributed by atoms with Gasteiger partial charge < -0.3 is 18.9 Å². The largest absolute Gasteiger partial charge is 0.487 e. The van der Waals surface area contributed by atoms with Gasteiger partial charge in [-0.1, -0.05) is 41.0 Å². The van der Waals surface area contributed by atoms with Crippen LogP contribution in [-0.2, 0) is 6.42 Å². The van der Waals surface area contributed by atoms with E-state index in [1.165, 1.54) is 0 Å². The number of para-hydroxylation sites is 1. The summed E-state index contributed by atoms with van der Waals surface area (Å²) in [5.41, 5.74) is 0.935. The number of anilines is 2. The summed E-state index contributed by atoms with van der Waals surface area (Å²) < 4.78 is 16.9. The summed E-state index contributed by atoms with van der Waals surface area (Å²) in [6.07, 6.45) is 3.01. The second kappa shape index (κ2) is 8.15. The Balaban J connectivity index is 1.18. The second-order valence-corrected chi connectivity index (χ2v) is 8.27. The molecule has 0 radical (unpaired) electrons. The van der Waals surface area contributed by atoms with Crippen molar-refractivity contribution < 1.29 is 18.8 Å². The number of aromatic nitrogens is 1. The summed E-state index contributed by atoms with van der Waals surface area (Å²) in [5, 5.41) is 7.45. The first-order valence-electron chi connectivity index (χ1n) is 10.3. The molecular weight excluding hydrogens is 418 g/mol. The number of piperidine rings is 1. The number of nitrogens with one attached hydrogen (secondary N) is 1. The number of fused-ring (bicyclic) bond motifs is 1. The first kappa shape index (κ1) is 19.8. The minimum atomic E-state index is -0.626. The third-order valence-corrected chi connectivity index (χ3v) is 6.26. The summed E-state index contributed by atoms with van der Waals surface area (Å²) in [4.78, 5) is 14.2. The van der Waals surface area contributed by atoms with E-state index >= 15 is 0 Å². The number of hydrogen-bond donors (Lipinski definition) is 1. The highest BCUT2D eigenvalue weighted by Crippen LogP contribution is 2.42. The molecule has 1 fully saturated rings. The van der Waals surface area contributed by atoms with E-state index in [0.29, 0.717) is 11.6 Å². The molecule has 8 heteroatoms. The van der Waals surface area contributed by atoms with E-state index in [1.807, 2.05) is 24.3 Å². The quantitative estimate of drug-likeness (QED) is 0.596. The fourth-order valence-corrected chi connectivity index (χ4v) is 4.47. The van der Waals surface area contributed by atoms with Crippen molar-refractivity contribution in [1.82, 2.24) is 5.16 Å². The molecule has 2 aliphatic heterocycles. The summed E-state index contributed by atoms with van der Waals surface area (Å²) in [6, 6.07) is 16.4. The number of rotatable bonds is 3. The fraction of sp³-hybridized carbons (Fsp3) is 0.304. The van der Waals surface area contributed by atoms with Gasteiger partial charge in [-0.15, -0.1) is 0 Å². The molecule has 1 spiro atoms. The summed E-state index contributed by atoms with van der Waals surface area (Å²) in [5.74, 6) is 2.28. The van der Waals surface area contributed by atoms with Crippen molar-refractivity contribution in [1.29, 1.82) is 0 Å². The number of carbonyl (C=O) groups is 1. The maximum Gasteiger partial charge on any atom is 0.419 e. The van der Waals surface area contributed by atoms with Crippen LogP contribution in [0.2, 0.25) is 5.02 Å². The Labute approximate surface area is 184 Å². The van der Waals surface area contributed by atoms with Crippen LogP contribution >= 0.6 is 11.6 Å². The highest BCUT2D eigenvalue weighted by Gasteiger charge is 2.40. The number of benzene rings is 2. The van der Waals surface area contributed by atoms with Crippen LogP contribution < -0.4 is 19.7 Å². The lowest BCUT2D eigenvalue weighted by atomic mass is 9.83. The lowest BCUT2D eigenvalue weighted by Gasteiger charge is -2.44. The van der Waals surface area contributed by atoms with Gasteiger partial charge in [-0.2, -0.15) is 0 Å². The number of amides is 1. The van der Waals surface area contributed by atoms with E-state index in [0.717, 1.165) is 55.1 Å². The number of nitrogens with zero attached hydrogens (tertiary/aromatic N) is 2. The lowest BCUT2D eigenvalue weighted by Crippen LogP contribution is -2.50. The van der Waals surface area contributed by atoms with Crippen LogP contribution in [0.4, 0.5) is 16.5 Å². The fourth-order valence-electron chi connectivity index (χ4n) is 4.21. The van der Waals surface area contributed by atoms with Crippen LogP contribution in [0.5, 0.6) is 11.5 Å². The second-order valence-electron chi connectivity index (χ2n) is 7.87. The van der Waals surface area contributed by atoms with E-state index in [1.54, 1.807) is 30.3 Å². The smallest absolute Gasteiger partial charge is 0.419 e. The first-order chi connectivity index (χ1) is 15.1. The average molecular weight is 440 g/mol. The Hall–Kier alpha value is -3.19. The van der Waals surface area contributed by atoms with Crippen LogP contribution in [0.1, 0.15) is 24.8 Å². The number of hydrogen-bond acceptors (Lipinski definition) is 6. The van der Waals surface area contributed by atoms with Crippen LogP contribution in [0.15, 0.2) is 59.1 Å². The van der Waals surface area contributed by atoms with Gasteiger partial charge in [0, 0.05) is 42.6 Å². The molecular formula is C23H22ClN3O4. The molecule has 2 aliphatic rings. The molecule has 1 aromatic heterocycles. The van der Waals surface area contributed by atoms with Crippen LogP contribution in [0.25, 0.3) is 0 Å². The minimum Gasteiger partial charge on any atom is -0.487 e. The molecule has 160 valence electrons. The van der Waals surface area contributed by atoms with E-state index in [-0.39, 0.29) is 11.5 Å². The van der Waals surface area contributed by atoms with Gasteiger partial charge in [-0.05, 0) is 37.1 Å². The molecule has 5 rings (SSSR count). The van der Waals surface area contributed by atoms with Crippen molar-refractivity contribution in [3.8, 4) is 11.5 Å². The zero-order chi connectivity index (χ0) is 21.3. The molecule has 3 aromatic rings. The summed E-state index contributed by atoms with van der Waals surface area (Å²) in [6.45, 7) is 1.58. The van der Waals surface area contributed by atoms with Gasteiger partial charge in [-0.25, -0.2) is 4.79 Å². The van der Waals surface area contributed by atoms with Gasteiger partial charge in [0.2, 0.25) is 5.88 Å². The van der Waals surface area contributed by atoms with Crippen molar-refractivity contribution in [2.45, 2.75) is 31.3 Å². The van der Waals surface area contributed by atoms with E-state index in [4.69, 9.17) is 25.6 Å². The van der Waals surface area contributed by atoms with Crippen LogP contribution in [0.3, 0.4) is 0 Å². The zero-order valence-corrected chi connectivity index (χ0v) is 17.6. The summed E-state index contributed by atoms with van der Waals surface area (Å²) in [7, 11) is 0. The maximum absolute atomic E-state index is 12.0. The monoisotopic (exact) mass is 439 g/mol. The van der Waals surface area contributed by atoms with Gasteiger partial charge in [0.05, 0.1) is 0 Å². The van der Waals surface area contributed by atoms with E-state index < -0.39 is 6.09 Å². The highest BCUT2D eigenvalue weighted by atomic mass is 35.5. The Morgan fingerprint density at radius 3 is 2.71 bits per heavy atom. The molecule has 1 amide bonds. The maximum atomic E-state index is 12.0. The summed E-state index contributed by atoms with van der Waals surface area (Å²) >= 11 is 6.31. The number of carbonyl (C=O) groups excluding carboxylic acids is 1. The van der Waals surface area contributed by atoms with Gasteiger partial charge in [0.15, 0.2) is 5.82 Å². The standard InChI is InChI=1S/C23H22ClN3O4/c24-18-7-4-8-19-17(18)9-10-23(30-19)11-13-27(14-12-23)20-15-21(31-26-20)25-22(28)29-16-5-2-1-3-6-16/h1-8,15H,9-14H2,(H,25,28). The van der Waals surface area contributed by atoms with Gasteiger partial charge in [0.1, 0.15) is 17.1 Å². The van der Waals surface area contributed by atoms with Gasteiger partial charge >= 0.3 is 6.09 Å². The van der Waals surface area contributed by atoms with Crippen molar-refractivity contribution in [2.75, 3.05) is 23.3 Å². The molecule has 31 heavy (non-hydrogen) atoms. The molecule has 0 unspecified atom stereocenters. The minimum absolute atomic E-state index is 0.168. The molecule has 0 aliphatic carbocycles. The molecule has 0 bridgehead atoms. The molecule has 1 saturated heterocycles. The molecule has 0 saturated carbocycles. The van der Waals surface area contributed by atoms with Crippen molar-refractivity contribution in [3.05, 3.63) is 65.2 Å². The SMILES string of the molecule is O=C(Nc1cc(N2CCC3(CCc4c(Cl)cccc4O3)CC2)no1)Oc1ccccc1. The third kappa shape index (κ3) is 4.18. The number of ether oxygens (including phenoxy) is 2. The highest BCUT2D eigenvalue weighted by molar-refractivity contribution is 6.31. The predicted molar refractivity (Wildman–Crippen MR) is 117 cm³/mol. The molecule has 3 heterocycles. The normalized spacial score (nSPS) is 17.0. The van der Waals surface area contributed by atoms with Crippen LogP contribution in [-0.4, -0.2) is 29.9 Å². The first-order valence-corrected chi connectivity index (χ1v) is 10.7. The van der Waals surface area contributed by atoms with Crippen molar-refractivity contribution >= 4 is 29.4 Å². The Kier molecular flexibility index (Phi) is 5.19. The van der Waals surface area contributed by atoms with Gasteiger partial charge in [-0.3, -0.25) is 5.32 Å². The van der Waals surface area contributed by atoms with Gasteiger partial charge in [0.25, 0.3) is 0 Å². The Morgan fingerprint density at radius 1 is 1.10 bits per heavy atom. The molecule has 0 atom stereocenters. The molecule has 1 N–H and O–H groups in total. The van der Waals surface area contributed by atoms with Crippen LogP contribution in [0, 0.1) is 0 Å². The van der Waals surface area contributed by atoms with Crippen molar-refractivity contribution in [3.63, 3.8) is 0 Å². The number of halogens is 1. The van der Waals surface area contributed by atoms with E-state index in [9.17, 15) is 4.79 Å². The predicted octanol–water partition coefficient (Wildman–Crippen LogP) is 5.30. The molecule has 7 nitrogen and oxygen atoms in total. The topological polar surface area (TPSA) is 76.8 Å². The Bertz CT molecular complexity index is 1080. The Morgan fingerprint density at radius 2 is 1.90 bits per heavy atom. The van der Waals surface area contributed by atoms with Crippen molar-refractivity contribution in [2.24, 2.45) is 0 Å². The average Bonchev–Trinajstić information content (AvgIpc) is 3.23. The molecule has 2 aromatic carbocycles. The third-order valence-electron chi connectivity index (χ3n) is 5.91. The lowest BCUT2D eigenvalue weighted by molar-refractivity contribution is 0.0224. The zero-order valence-electron chi connectivity index (χ0n) is 16.8. The van der Waals surface area contributed by atoms with E-state index in [2.05, 4.69) is 15.4 Å².